The summed E-state index contributed by atoms with van der Waals surface area (Å²) in [6.45, 7) is -0.0234. The molecule has 2 aromatic rings. The Labute approximate surface area is 91.5 Å². The van der Waals surface area contributed by atoms with Crippen LogP contribution in [0.3, 0.4) is 0 Å². The van der Waals surface area contributed by atoms with Gasteiger partial charge in [-0.15, -0.1) is 0 Å². The predicted molar refractivity (Wildman–Crippen MR) is 55.1 cm³/mol. The number of fused-ring (bicyclic) bond motifs is 1. The number of hydrogen-bond acceptors (Lipinski definition) is 5. The number of aliphatic hydroxyl groups is 1. The Morgan fingerprint density at radius 1 is 1.56 bits per heavy atom. The molecule has 6 nitrogen and oxygen atoms in total. The lowest BCUT2D eigenvalue weighted by Crippen LogP contribution is -2.08. The van der Waals surface area contributed by atoms with E-state index in [0.29, 0.717) is 23.6 Å². The van der Waals surface area contributed by atoms with Crippen molar-refractivity contribution in [2.75, 3.05) is 13.7 Å². The van der Waals surface area contributed by atoms with Crippen LogP contribution in [0.15, 0.2) is 18.2 Å². The van der Waals surface area contributed by atoms with E-state index in [1.54, 1.807) is 18.2 Å². The Hall–Kier alpha value is -1.95. The van der Waals surface area contributed by atoms with Crippen molar-refractivity contribution in [1.82, 2.24) is 14.6 Å². The number of hydrogen-bond donors (Lipinski definition) is 1. The molecule has 0 saturated heterocycles. The van der Waals surface area contributed by atoms with Gasteiger partial charge < -0.3 is 9.84 Å². The summed E-state index contributed by atoms with van der Waals surface area (Å²) in [6.07, 6.45) is 0.363. The number of carbonyl (C=O) groups excluding carboxylic acids is 1. The molecular weight excluding hydrogens is 210 g/mol. The predicted octanol–water partition coefficient (Wildman–Crippen LogP) is 0.0507. The van der Waals surface area contributed by atoms with Gasteiger partial charge in [-0.25, -0.2) is 14.3 Å². The number of rotatable bonds is 3. The number of pyridine rings is 1. The molecule has 0 saturated carbocycles. The van der Waals surface area contributed by atoms with Gasteiger partial charge in [0.1, 0.15) is 0 Å². The van der Waals surface area contributed by atoms with E-state index in [1.165, 1.54) is 11.6 Å². The van der Waals surface area contributed by atoms with Gasteiger partial charge in [-0.05, 0) is 12.1 Å². The van der Waals surface area contributed by atoms with E-state index < -0.39 is 5.97 Å². The third-order valence-corrected chi connectivity index (χ3v) is 2.13. The van der Waals surface area contributed by atoms with E-state index in [4.69, 9.17) is 5.11 Å². The third-order valence-electron chi connectivity index (χ3n) is 2.13. The highest BCUT2D eigenvalue weighted by Gasteiger charge is 2.12. The lowest BCUT2D eigenvalue weighted by atomic mass is 10.3. The van der Waals surface area contributed by atoms with Gasteiger partial charge in [-0.1, -0.05) is 6.07 Å². The molecule has 1 N–H and O–H groups in total. The minimum atomic E-state index is -0.467. The standard InChI is InChI=1S/C10H11N3O3/c1-16-10(15)7-3-2-4-9-11-8(5-6-14)12-13(7)9/h2-4,14H,5-6H2,1H3. The van der Waals surface area contributed by atoms with Crippen molar-refractivity contribution < 1.29 is 14.6 Å². The topological polar surface area (TPSA) is 76.7 Å². The Kier molecular flexibility index (Phi) is 2.82. The van der Waals surface area contributed by atoms with Gasteiger partial charge >= 0.3 is 5.97 Å². The van der Waals surface area contributed by atoms with E-state index in [0.717, 1.165) is 0 Å². The summed E-state index contributed by atoms with van der Waals surface area (Å²) in [5, 5.41) is 12.9. The fourth-order valence-electron chi connectivity index (χ4n) is 1.41. The molecule has 0 aliphatic heterocycles. The summed E-state index contributed by atoms with van der Waals surface area (Å²) in [5.74, 6) is 0.0323. The summed E-state index contributed by atoms with van der Waals surface area (Å²) < 4.78 is 6.05. The van der Waals surface area contributed by atoms with E-state index in [1.807, 2.05) is 0 Å². The lowest BCUT2D eigenvalue weighted by Gasteiger charge is -2.00. The highest BCUT2D eigenvalue weighted by Crippen LogP contribution is 2.07. The first-order chi connectivity index (χ1) is 7.76. The minimum absolute atomic E-state index is 0.0234. The molecule has 0 atom stereocenters. The van der Waals surface area contributed by atoms with Gasteiger partial charge in [0.25, 0.3) is 0 Å². The Balaban J connectivity index is 2.54. The van der Waals surface area contributed by atoms with Gasteiger partial charge in [0.15, 0.2) is 17.2 Å². The lowest BCUT2D eigenvalue weighted by molar-refractivity contribution is 0.0591. The van der Waals surface area contributed by atoms with Crippen molar-refractivity contribution in [1.29, 1.82) is 0 Å². The van der Waals surface area contributed by atoms with E-state index >= 15 is 0 Å². The summed E-state index contributed by atoms with van der Waals surface area (Å²) in [7, 11) is 1.31. The first-order valence-corrected chi connectivity index (χ1v) is 4.80. The molecule has 0 aliphatic rings. The van der Waals surface area contributed by atoms with Crippen molar-refractivity contribution >= 4 is 11.6 Å². The number of aliphatic hydroxyl groups excluding tert-OH is 1. The van der Waals surface area contributed by atoms with Gasteiger partial charge in [0.2, 0.25) is 0 Å². The van der Waals surface area contributed by atoms with Gasteiger partial charge in [-0.3, -0.25) is 0 Å². The van der Waals surface area contributed by atoms with Crippen LogP contribution in [-0.2, 0) is 11.2 Å². The van der Waals surface area contributed by atoms with Crippen LogP contribution in [0.5, 0.6) is 0 Å². The molecule has 0 fully saturated rings. The zero-order valence-electron chi connectivity index (χ0n) is 8.75. The molecule has 2 heterocycles. The smallest absolute Gasteiger partial charge is 0.356 e. The molecule has 2 aromatic heterocycles. The van der Waals surface area contributed by atoms with Crippen LogP contribution in [0.4, 0.5) is 0 Å². The SMILES string of the molecule is COC(=O)c1cccc2nc(CCO)nn12. The van der Waals surface area contributed by atoms with Crippen LogP contribution < -0.4 is 0 Å². The maximum absolute atomic E-state index is 11.4. The van der Waals surface area contributed by atoms with E-state index in [-0.39, 0.29) is 6.61 Å². The Morgan fingerprint density at radius 2 is 2.38 bits per heavy atom. The molecule has 0 amide bonds. The largest absolute Gasteiger partial charge is 0.464 e. The number of methoxy groups -OCH3 is 1. The summed E-state index contributed by atoms with van der Waals surface area (Å²) in [6, 6.07) is 5.05. The average Bonchev–Trinajstić information content (AvgIpc) is 2.70. The molecule has 0 aliphatic carbocycles. The number of carbonyl (C=O) groups is 1. The second-order valence-corrected chi connectivity index (χ2v) is 3.17. The number of ether oxygens (including phenoxy) is 1. The van der Waals surface area contributed by atoms with Gasteiger partial charge in [0.05, 0.1) is 13.7 Å². The first-order valence-electron chi connectivity index (χ1n) is 4.80. The summed E-state index contributed by atoms with van der Waals surface area (Å²) >= 11 is 0. The zero-order valence-corrected chi connectivity index (χ0v) is 8.75. The first kappa shape index (κ1) is 10.6. The molecule has 84 valence electrons. The average molecular weight is 221 g/mol. The molecule has 0 radical (unpaired) electrons. The highest BCUT2D eigenvalue weighted by molar-refractivity contribution is 5.88. The van der Waals surface area contributed by atoms with Crippen LogP contribution in [0.1, 0.15) is 16.3 Å². The minimum Gasteiger partial charge on any atom is -0.464 e. The van der Waals surface area contributed by atoms with Crippen LogP contribution in [0.2, 0.25) is 0 Å². The number of aromatic nitrogens is 3. The van der Waals surface area contributed by atoms with Crippen molar-refractivity contribution in [3.63, 3.8) is 0 Å². The fourth-order valence-corrected chi connectivity index (χ4v) is 1.41. The van der Waals surface area contributed by atoms with Crippen molar-refractivity contribution in [3.8, 4) is 0 Å². The third kappa shape index (κ3) is 1.74. The molecule has 6 heteroatoms. The second-order valence-electron chi connectivity index (χ2n) is 3.17. The monoisotopic (exact) mass is 221 g/mol. The van der Waals surface area contributed by atoms with Crippen LogP contribution in [0.25, 0.3) is 5.65 Å². The second kappa shape index (κ2) is 4.28. The molecule has 2 rings (SSSR count). The molecular formula is C10H11N3O3. The molecule has 0 spiro atoms. The molecule has 0 unspecified atom stereocenters. The van der Waals surface area contributed by atoms with Crippen molar-refractivity contribution in [2.24, 2.45) is 0 Å². The van der Waals surface area contributed by atoms with E-state index in [2.05, 4.69) is 14.8 Å². The fraction of sp³-hybridized carbons (Fsp3) is 0.300. The summed E-state index contributed by atoms with van der Waals surface area (Å²) in [5.41, 5.74) is 0.878. The van der Waals surface area contributed by atoms with Crippen LogP contribution >= 0.6 is 0 Å². The van der Waals surface area contributed by atoms with Crippen LogP contribution in [0, 0.1) is 0 Å². The van der Waals surface area contributed by atoms with Crippen molar-refractivity contribution in [3.05, 3.63) is 29.7 Å². The number of esters is 1. The quantitative estimate of drug-likeness (QED) is 0.741. The maximum Gasteiger partial charge on any atom is 0.356 e. The summed E-state index contributed by atoms with van der Waals surface area (Å²) in [4.78, 5) is 15.6. The maximum atomic E-state index is 11.4. The Bertz CT molecular complexity index is 521. The Morgan fingerprint density at radius 3 is 3.06 bits per heavy atom. The van der Waals surface area contributed by atoms with Gasteiger partial charge in [-0.2, -0.15) is 5.10 Å². The van der Waals surface area contributed by atoms with Crippen LogP contribution in [-0.4, -0.2) is 39.4 Å². The van der Waals surface area contributed by atoms with E-state index in [9.17, 15) is 4.79 Å². The highest BCUT2D eigenvalue weighted by atomic mass is 16.5. The molecule has 0 aromatic carbocycles. The zero-order chi connectivity index (χ0) is 11.5. The normalized spacial score (nSPS) is 10.6. The molecule has 0 bridgehead atoms. The van der Waals surface area contributed by atoms with Crippen molar-refractivity contribution in [2.45, 2.75) is 6.42 Å². The molecule has 16 heavy (non-hydrogen) atoms. The van der Waals surface area contributed by atoms with Gasteiger partial charge in [0, 0.05) is 6.42 Å². The number of nitrogens with zero attached hydrogens (tertiary/aromatic N) is 3.